The molecule has 0 aliphatic carbocycles. The summed E-state index contributed by atoms with van der Waals surface area (Å²) >= 11 is 0. The molecule has 0 atom stereocenters. The minimum atomic E-state index is 0.882. The van der Waals surface area contributed by atoms with E-state index in [4.69, 9.17) is 26.5 Å². The van der Waals surface area contributed by atoms with Crippen molar-refractivity contribution in [1.29, 1.82) is 0 Å². The van der Waals surface area contributed by atoms with Gasteiger partial charge in [-0.2, -0.15) is 0 Å². The normalized spacial score (nSPS) is 11.9. The lowest BCUT2D eigenvalue weighted by Gasteiger charge is -2.10. The van der Waals surface area contributed by atoms with E-state index in [1.165, 1.54) is 22.3 Å². The fourth-order valence-electron chi connectivity index (χ4n) is 19.1. The van der Waals surface area contributed by atoms with Gasteiger partial charge in [0.1, 0.15) is 66.8 Å². The van der Waals surface area contributed by atoms with E-state index in [1.807, 2.05) is 42.5 Å². The second kappa shape index (κ2) is 28.0. The molecule has 9 heteroatoms. The summed E-state index contributed by atoms with van der Waals surface area (Å²) in [5.41, 5.74) is 34.7. The molecule has 0 fully saturated rings. The first kappa shape index (κ1) is 69.5. The third-order valence-electron chi connectivity index (χ3n) is 24.6. The Kier molecular flexibility index (Phi) is 15.8. The van der Waals surface area contributed by atoms with Gasteiger partial charge in [0.25, 0.3) is 0 Å². The van der Waals surface area contributed by atoms with Crippen molar-refractivity contribution in [2.75, 3.05) is 0 Å². The van der Waals surface area contributed by atoms with E-state index < -0.39 is 0 Å². The van der Waals surface area contributed by atoms with Crippen molar-refractivity contribution in [2.45, 2.75) is 0 Å². The molecule has 27 aromatic rings. The molecule has 0 saturated heterocycles. The molecule has 0 bridgehead atoms. The lowest BCUT2D eigenvalue weighted by Crippen LogP contribution is -1.93. The van der Waals surface area contributed by atoms with Crippen molar-refractivity contribution in [3.63, 3.8) is 0 Å². The molecule has 9 nitrogen and oxygen atoms in total. The number of nitrogens with zero attached hydrogens (tertiary/aromatic N) is 3. The zero-order valence-corrected chi connectivity index (χ0v) is 66.1. The van der Waals surface area contributed by atoms with Crippen LogP contribution in [0.4, 0.5) is 0 Å². The molecule has 0 unspecified atom stereocenters. The standard InChI is InChI=1S/3C38H23NO2/c1-2-13-26(14-3-1)39-32-20-6-4-16-31(32)38-36(39)35-27(17-10-22-34(35)41-38)24-11-8-12-25(23-24)28-18-9-19-30-29-15-5-7-21-33(29)40-37(28)30;1-2-12-27(13-3-1)39-32-17-6-4-14-29(32)38-37(39)31-23-25(20-21-34(31)41-38)24-10-8-11-26(22-24)28-16-9-19-35-36(28)30-15-5-7-18-33(30)40-35;1-2-11-28(12-3-1)39-33-15-6-4-14-30(33)38-37(39)32-23-27(18-20-36(32)41-38)25-10-8-9-24(21-25)26-17-19-35-31(22-26)29-13-5-7-16-34(29)40-35/h3*1-23H. The molecule has 0 aliphatic heterocycles. The molecule has 9 aromatic heterocycles. The van der Waals surface area contributed by atoms with Crippen molar-refractivity contribution in [2.24, 2.45) is 0 Å². The number of furan rings is 6. The quantitative estimate of drug-likeness (QED) is 0.143. The maximum Gasteiger partial charge on any atom is 0.161 e. The summed E-state index contributed by atoms with van der Waals surface area (Å²) in [7, 11) is 0. The predicted octanol–water partition coefficient (Wildman–Crippen LogP) is 32.3. The first-order chi connectivity index (χ1) is 61.0. The molecule has 0 N–H and O–H groups in total. The lowest BCUT2D eigenvalue weighted by atomic mass is 9.95. The molecule has 27 rings (SSSR count). The Hall–Kier alpha value is -16.6. The number of aromatic nitrogens is 3. The Bertz CT molecular complexity index is 8900. The summed E-state index contributed by atoms with van der Waals surface area (Å²) in [6, 6.07) is 147. The number of hydrogen-bond donors (Lipinski definition) is 0. The third kappa shape index (κ3) is 11.3. The summed E-state index contributed by atoms with van der Waals surface area (Å²) < 4.78 is 45.2. The molecule has 576 valence electrons. The van der Waals surface area contributed by atoms with Crippen LogP contribution in [0.5, 0.6) is 0 Å². The molecule has 18 aromatic carbocycles. The van der Waals surface area contributed by atoms with Gasteiger partial charge in [0.15, 0.2) is 16.7 Å². The van der Waals surface area contributed by atoms with E-state index in [2.05, 4.69) is 390 Å². The number of hydrogen-bond acceptors (Lipinski definition) is 6. The van der Waals surface area contributed by atoms with Crippen LogP contribution in [-0.2, 0) is 0 Å². The van der Waals surface area contributed by atoms with Crippen LogP contribution in [0.1, 0.15) is 0 Å². The zero-order valence-electron chi connectivity index (χ0n) is 66.1. The third-order valence-corrected chi connectivity index (χ3v) is 24.6. The topological polar surface area (TPSA) is 93.6 Å². The number of para-hydroxylation sites is 10. The number of fused-ring (bicyclic) bond motifs is 24. The van der Waals surface area contributed by atoms with E-state index in [0.717, 1.165) is 226 Å². The Labute approximate surface area is 702 Å². The minimum absolute atomic E-state index is 0.882. The average molecular weight is 1580 g/mol. The lowest BCUT2D eigenvalue weighted by molar-refractivity contribution is 0.668. The van der Waals surface area contributed by atoms with Gasteiger partial charge in [0.2, 0.25) is 0 Å². The van der Waals surface area contributed by atoms with Crippen LogP contribution in [0.2, 0.25) is 0 Å². The first-order valence-electron chi connectivity index (χ1n) is 41.6. The van der Waals surface area contributed by atoms with Gasteiger partial charge >= 0.3 is 0 Å². The summed E-state index contributed by atoms with van der Waals surface area (Å²) in [6.07, 6.45) is 0. The van der Waals surface area contributed by atoms with Gasteiger partial charge in [-0.05, 0) is 219 Å². The molecule has 0 radical (unpaired) electrons. The Balaban J connectivity index is 0.000000101. The molecule has 9 heterocycles. The fraction of sp³-hybridized carbons (Fsp3) is 0. The molecular weight excluding hydrogens is 1510 g/mol. The SMILES string of the molecule is c1ccc(-n2c3ccccc3c3oc4ccc(-c5cccc(-c6ccc7oc8ccccc8c7c6)c5)cc4c32)cc1.c1ccc(-n2c3ccccc3c3oc4ccc(-c5cccc(-c6cccc7oc8ccccc8c67)c5)cc4c32)cc1.c1ccc(-n2c3ccccc3c3oc4cccc(-c5cccc(-c6cccc7c6oc6ccccc67)c5)c4c32)cc1. The van der Waals surface area contributed by atoms with Crippen molar-refractivity contribution in [3.8, 4) is 83.8 Å². The van der Waals surface area contributed by atoms with E-state index in [9.17, 15) is 0 Å². The average Bonchev–Trinajstić information content (AvgIpc) is 1.56. The van der Waals surface area contributed by atoms with Crippen molar-refractivity contribution in [3.05, 3.63) is 419 Å². The molecule has 123 heavy (non-hydrogen) atoms. The summed E-state index contributed by atoms with van der Waals surface area (Å²) in [6.45, 7) is 0. The highest BCUT2D eigenvalue weighted by molar-refractivity contribution is 6.22. The maximum atomic E-state index is 6.60. The molecule has 0 amide bonds. The van der Waals surface area contributed by atoms with Gasteiger partial charge in [-0.15, -0.1) is 0 Å². The fourth-order valence-corrected chi connectivity index (χ4v) is 19.1. The first-order valence-corrected chi connectivity index (χ1v) is 41.6. The summed E-state index contributed by atoms with van der Waals surface area (Å²) in [5.74, 6) is 0. The van der Waals surface area contributed by atoms with Crippen LogP contribution in [-0.4, -0.2) is 13.7 Å². The van der Waals surface area contributed by atoms with Gasteiger partial charge in [-0.3, -0.25) is 0 Å². The smallest absolute Gasteiger partial charge is 0.161 e. The van der Waals surface area contributed by atoms with Crippen LogP contribution >= 0.6 is 0 Å². The van der Waals surface area contributed by atoms with Gasteiger partial charge in [-0.1, -0.05) is 261 Å². The van der Waals surface area contributed by atoms with Crippen LogP contribution in [0.15, 0.2) is 445 Å². The molecule has 0 saturated carbocycles. The summed E-state index contributed by atoms with van der Waals surface area (Å²) in [4.78, 5) is 0. The number of rotatable bonds is 9. The summed E-state index contributed by atoms with van der Waals surface area (Å²) in [5, 5.41) is 13.5. The molecule has 0 aliphatic rings. The second-order valence-corrected chi connectivity index (χ2v) is 31.6. The monoisotopic (exact) mass is 1580 g/mol. The highest BCUT2D eigenvalue weighted by atomic mass is 16.4. The van der Waals surface area contributed by atoms with Gasteiger partial charge in [0, 0.05) is 81.9 Å². The Morgan fingerprint density at radius 1 is 0.146 bits per heavy atom. The highest BCUT2D eigenvalue weighted by Crippen LogP contribution is 2.48. The Morgan fingerprint density at radius 2 is 0.439 bits per heavy atom. The zero-order chi connectivity index (χ0) is 80.7. The minimum Gasteiger partial charge on any atom is -0.456 e. The van der Waals surface area contributed by atoms with Crippen LogP contribution in [0.3, 0.4) is 0 Å². The highest BCUT2D eigenvalue weighted by Gasteiger charge is 2.26. The molecular formula is C114H69N3O6. The van der Waals surface area contributed by atoms with E-state index in [-0.39, 0.29) is 0 Å². The van der Waals surface area contributed by atoms with Crippen molar-refractivity contribution >= 4 is 165 Å². The maximum absolute atomic E-state index is 6.60. The predicted molar refractivity (Wildman–Crippen MR) is 506 cm³/mol. The van der Waals surface area contributed by atoms with Gasteiger partial charge < -0.3 is 40.2 Å². The van der Waals surface area contributed by atoms with Crippen LogP contribution in [0.25, 0.3) is 249 Å². The Morgan fingerprint density at radius 3 is 0.959 bits per heavy atom. The molecule has 0 spiro atoms. The van der Waals surface area contributed by atoms with Crippen LogP contribution in [0, 0.1) is 0 Å². The number of benzene rings is 18. The largest absolute Gasteiger partial charge is 0.456 e. The van der Waals surface area contributed by atoms with Crippen LogP contribution < -0.4 is 0 Å². The van der Waals surface area contributed by atoms with Gasteiger partial charge in [0.05, 0.1) is 21.9 Å². The van der Waals surface area contributed by atoms with E-state index in [1.54, 1.807) is 0 Å². The second-order valence-electron chi connectivity index (χ2n) is 31.6. The van der Waals surface area contributed by atoms with Crippen molar-refractivity contribution < 1.29 is 26.5 Å². The van der Waals surface area contributed by atoms with E-state index in [0.29, 0.717) is 0 Å². The van der Waals surface area contributed by atoms with E-state index >= 15 is 0 Å². The van der Waals surface area contributed by atoms with Crippen molar-refractivity contribution in [1.82, 2.24) is 13.7 Å². The van der Waals surface area contributed by atoms with Gasteiger partial charge in [-0.25, -0.2) is 0 Å².